The number of aromatic hydroxyl groups is 1. The van der Waals surface area contributed by atoms with Crippen molar-refractivity contribution in [2.75, 3.05) is 0 Å². The zero-order valence-electron chi connectivity index (χ0n) is 9.15. The molecular weight excluding hydrogens is 188 g/mol. The zero-order chi connectivity index (χ0) is 11.0. The normalized spacial score (nSPS) is 10.6. The van der Waals surface area contributed by atoms with Gasteiger partial charge in [-0.15, -0.1) is 0 Å². The van der Waals surface area contributed by atoms with Crippen LogP contribution >= 0.6 is 0 Å². The Labute approximate surface area is 89.0 Å². The lowest BCUT2D eigenvalue weighted by Crippen LogP contribution is -1.96. The summed E-state index contributed by atoms with van der Waals surface area (Å²) < 4.78 is 1.81. The minimum Gasteiger partial charge on any atom is -0.507 e. The molecule has 0 aliphatic rings. The van der Waals surface area contributed by atoms with E-state index in [4.69, 9.17) is 0 Å². The monoisotopic (exact) mass is 202 g/mol. The summed E-state index contributed by atoms with van der Waals surface area (Å²) in [7, 11) is 0. The Hall–Kier alpha value is -1.77. The first-order valence-electron chi connectivity index (χ1n) is 4.91. The van der Waals surface area contributed by atoms with Crippen LogP contribution in [0.2, 0.25) is 0 Å². The number of phenols is 1. The van der Waals surface area contributed by atoms with Crippen molar-refractivity contribution >= 4 is 0 Å². The number of hydrogen-bond donors (Lipinski definition) is 1. The van der Waals surface area contributed by atoms with E-state index >= 15 is 0 Å². The highest BCUT2D eigenvalue weighted by atomic mass is 16.3. The molecule has 0 atom stereocenters. The minimum absolute atomic E-state index is 0.364. The van der Waals surface area contributed by atoms with Crippen LogP contribution in [0.4, 0.5) is 0 Å². The number of benzene rings is 1. The lowest BCUT2D eigenvalue weighted by Gasteiger charge is -2.07. The molecule has 15 heavy (non-hydrogen) atoms. The molecule has 2 rings (SSSR count). The van der Waals surface area contributed by atoms with Crippen molar-refractivity contribution < 1.29 is 5.11 Å². The van der Waals surface area contributed by atoms with Gasteiger partial charge in [0.2, 0.25) is 0 Å². The summed E-state index contributed by atoms with van der Waals surface area (Å²) in [6.07, 6.45) is 1.92. The summed E-state index contributed by atoms with van der Waals surface area (Å²) in [5.41, 5.74) is 3.71. The van der Waals surface area contributed by atoms with Gasteiger partial charge in [-0.1, -0.05) is 0 Å². The molecule has 1 heterocycles. The van der Waals surface area contributed by atoms with Gasteiger partial charge >= 0.3 is 0 Å². The second-order valence-corrected chi connectivity index (χ2v) is 3.83. The fraction of sp³-hybridized carbons (Fsp3) is 0.250. The highest BCUT2D eigenvalue weighted by Crippen LogP contribution is 2.24. The van der Waals surface area contributed by atoms with Crippen molar-refractivity contribution in [3.05, 3.63) is 41.2 Å². The van der Waals surface area contributed by atoms with Crippen LogP contribution in [-0.2, 0) is 0 Å². The average molecular weight is 202 g/mol. The van der Waals surface area contributed by atoms with Crippen molar-refractivity contribution in [3.63, 3.8) is 0 Å². The molecule has 78 valence electrons. The van der Waals surface area contributed by atoms with E-state index in [2.05, 4.69) is 5.10 Å². The van der Waals surface area contributed by atoms with E-state index in [1.807, 2.05) is 49.8 Å². The van der Waals surface area contributed by atoms with E-state index in [0.29, 0.717) is 5.75 Å². The maximum absolute atomic E-state index is 9.65. The molecule has 3 nitrogen and oxygen atoms in total. The van der Waals surface area contributed by atoms with Gasteiger partial charge in [0.25, 0.3) is 0 Å². The SMILES string of the molecule is Cc1ccn(-c2cc(C)c(O)c(C)c2)n1. The summed E-state index contributed by atoms with van der Waals surface area (Å²) in [5.74, 6) is 0.364. The summed E-state index contributed by atoms with van der Waals surface area (Å²) in [4.78, 5) is 0. The molecule has 1 aromatic heterocycles. The van der Waals surface area contributed by atoms with E-state index in [9.17, 15) is 5.11 Å². The molecule has 0 aliphatic heterocycles. The van der Waals surface area contributed by atoms with Crippen LogP contribution < -0.4 is 0 Å². The molecular formula is C12H14N2O. The summed E-state index contributed by atoms with van der Waals surface area (Å²) >= 11 is 0. The Morgan fingerprint density at radius 1 is 1.13 bits per heavy atom. The first-order chi connectivity index (χ1) is 7.08. The first-order valence-corrected chi connectivity index (χ1v) is 4.91. The van der Waals surface area contributed by atoms with Gasteiger partial charge < -0.3 is 5.11 Å². The quantitative estimate of drug-likeness (QED) is 0.771. The predicted molar refractivity (Wildman–Crippen MR) is 59.4 cm³/mol. The van der Waals surface area contributed by atoms with Crippen LogP contribution in [0.25, 0.3) is 5.69 Å². The minimum atomic E-state index is 0.364. The van der Waals surface area contributed by atoms with E-state index < -0.39 is 0 Å². The Morgan fingerprint density at radius 3 is 2.20 bits per heavy atom. The van der Waals surface area contributed by atoms with E-state index in [0.717, 1.165) is 22.5 Å². The van der Waals surface area contributed by atoms with Gasteiger partial charge in [0.05, 0.1) is 11.4 Å². The Balaban J connectivity index is 2.55. The summed E-state index contributed by atoms with van der Waals surface area (Å²) in [6.45, 7) is 5.74. The van der Waals surface area contributed by atoms with E-state index in [-0.39, 0.29) is 0 Å². The van der Waals surface area contributed by atoms with Gasteiger partial charge in [-0.25, -0.2) is 4.68 Å². The average Bonchev–Trinajstić information content (AvgIpc) is 2.60. The van der Waals surface area contributed by atoms with Gasteiger partial charge in [0.15, 0.2) is 0 Å². The molecule has 1 aromatic carbocycles. The molecule has 3 heteroatoms. The number of aryl methyl sites for hydroxylation is 3. The smallest absolute Gasteiger partial charge is 0.121 e. The molecule has 0 radical (unpaired) electrons. The molecule has 0 saturated carbocycles. The first kappa shape index (κ1) is 9.77. The van der Waals surface area contributed by atoms with Crippen LogP contribution in [0.15, 0.2) is 24.4 Å². The number of nitrogens with zero attached hydrogens (tertiary/aromatic N) is 2. The standard InChI is InChI=1S/C12H14N2O/c1-8-6-11(7-9(2)12(8)15)14-5-4-10(3)13-14/h4-7,15H,1-3H3. The Morgan fingerprint density at radius 2 is 1.73 bits per heavy atom. The lowest BCUT2D eigenvalue weighted by molar-refractivity contribution is 0.466. The fourth-order valence-electron chi connectivity index (χ4n) is 1.62. The van der Waals surface area contributed by atoms with Gasteiger partial charge in [-0.05, 0) is 50.1 Å². The highest BCUT2D eigenvalue weighted by molar-refractivity contribution is 5.48. The molecule has 0 bridgehead atoms. The van der Waals surface area contributed by atoms with Gasteiger partial charge in [0, 0.05) is 6.20 Å². The van der Waals surface area contributed by atoms with Crippen molar-refractivity contribution in [2.45, 2.75) is 20.8 Å². The van der Waals surface area contributed by atoms with E-state index in [1.165, 1.54) is 0 Å². The predicted octanol–water partition coefficient (Wildman–Crippen LogP) is 2.50. The number of rotatable bonds is 1. The maximum atomic E-state index is 9.65. The van der Waals surface area contributed by atoms with Crippen molar-refractivity contribution in [2.24, 2.45) is 0 Å². The second-order valence-electron chi connectivity index (χ2n) is 3.83. The maximum Gasteiger partial charge on any atom is 0.121 e. The van der Waals surface area contributed by atoms with Crippen LogP contribution in [0.3, 0.4) is 0 Å². The number of aromatic nitrogens is 2. The third-order valence-electron chi connectivity index (χ3n) is 2.46. The van der Waals surface area contributed by atoms with Gasteiger partial charge in [-0.2, -0.15) is 5.10 Å². The van der Waals surface area contributed by atoms with E-state index in [1.54, 1.807) is 0 Å². The third kappa shape index (κ3) is 1.73. The molecule has 0 fully saturated rings. The topological polar surface area (TPSA) is 38.0 Å². The van der Waals surface area contributed by atoms with Gasteiger partial charge in [-0.3, -0.25) is 0 Å². The molecule has 0 aliphatic carbocycles. The Kier molecular flexibility index (Phi) is 2.23. The van der Waals surface area contributed by atoms with Crippen LogP contribution in [0, 0.1) is 20.8 Å². The third-order valence-corrected chi connectivity index (χ3v) is 2.46. The van der Waals surface area contributed by atoms with Crippen molar-refractivity contribution in [1.82, 2.24) is 9.78 Å². The molecule has 1 N–H and O–H groups in total. The lowest BCUT2D eigenvalue weighted by atomic mass is 10.1. The second kappa shape index (κ2) is 3.42. The number of hydrogen-bond acceptors (Lipinski definition) is 2. The van der Waals surface area contributed by atoms with Crippen LogP contribution in [0.1, 0.15) is 16.8 Å². The summed E-state index contributed by atoms with van der Waals surface area (Å²) in [5, 5.41) is 14.0. The molecule has 0 unspecified atom stereocenters. The molecule has 2 aromatic rings. The molecule has 0 spiro atoms. The van der Waals surface area contributed by atoms with Crippen molar-refractivity contribution in [3.8, 4) is 11.4 Å². The zero-order valence-corrected chi connectivity index (χ0v) is 9.15. The number of phenolic OH excluding ortho intramolecular Hbond substituents is 1. The molecule has 0 amide bonds. The van der Waals surface area contributed by atoms with Crippen LogP contribution in [-0.4, -0.2) is 14.9 Å². The molecule has 0 saturated heterocycles. The largest absolute Gasteiger partial charge is 0.507 e. The fourth-order valence-corrected chi connectivity index (χ4v) is 1.62. The van der Waals surface area contributed by atoms with Crippen molar-refractivity contribution in [1.29, 1.82) is 0 Å². The van der Waals surface area contributed by atoms with Gasteiger partial charge in [0.1, 0.15) is 5.75 Å². The van der Waals surface area contributed by atoms with Crippen LogP contribution in [0.5, 0.6) is 5.75 Å². The summed E-state index contributed by atoms with van der Waals surface area (Å²) in [6, 6.07) is 5.81. The highest BCUT2D eigenvalue weighted by Gasteiger charge is 2.05. The Bertz CT molecular complexity index is 477.